The smallest absolute Gasteiger partial charge is 0.255 e. The number of nitrogens with one attached hydrogen (secondary N) is 1. The van der Waals surface area contributed by atoms with E-state index in [-0.39, 0.29) is 23.8 Å². The van der Waals surface area contributed by atoms with Gasteiger partial charge in [0.05, 0.1) is 43.6 Å². The van der Waals surface area contributed by atoms with E-state index in [2.05, 4.69) is 27.4 Å². The maximum absolute atomic E-state index is 13.1. The second kappa shape index (κ2) is 7.29. The van der Waals surface area contributed by atoms with E-state index in [0.717, 1.165) is 11.2 Å². The molecule has 2 aromatic heterocycles. The van der Waals surface area contributed by atoms with Crippen LogP contribution in [-0.2, 0) is 16.1 Å². The SMILES string of the molecule is O=C1N[C@@H]2COC[C@H]1CN(C(=O)c1cnc3c(c1)ncn3Cc1ccccc1)C2. The Bertz CT molecular complexity index is 1060. The third-order valence-corrected chi connectivity index (χ3v) is 5.42. The Kier molecular flexibility index (Phi) is 4.48. The van der Waals surface area contributed by atoms with Crippen LogP contribution in [0.3, 0.4) is 0 Å². The topological polar surface area (TPSA) is 89.3 Å². The molecule has 0 unspecified atom stereocenters. The molecule has 148 valence electrons. The zero-order chi connectivity index (χ0) is 19.8. The van der Waals surface area contributed by atoms with Crippen molar-refractivity contribution in [3.05, 3.63) is 60.0 Å². The summed E-state index contributed by atoms with van der Waals surface area (Å²) in [6.07, 6.45) is 3.34. The van der Waals surface area contributed by atoms with Gasteiger partial charge in [-0.2, -0.15) is 0 Å². The van der Waals surface area contributed by atoms with Crippen LogP contribution in [0.5, 0.6) is 0 Å². The Morgan fingerprint density at radius 1 is 1.17 bits per heavy atom. The number of ether oxygens (including phenoxy) is 1. The Morgan fingerprint density at radius 3 is 2.90 bits per heavy atom. The molecule has 0 spiro atoms. The molecule has 0 saturated carbocycles. The average Bonchev–Trinajstić information content (AvgIpc) is 2.93. The van der Waals surface area contributed by atoms with Gasteiger partial charge in [-0.1, -0.05) is 30.3 Å². The molecule has 2 atom stereocenters. The minimum absolute atomic E-state index is 0.0453. The maximum atomic E-state index is 13.1. The highest BCUT2D eigenvalue weighted by atomic mass is 16.5. The monoisotopic (exact) mass is 391 g/mol. The molecule has 1 aromatic carbocycles. The largest absolute Gasteiger partial charge is 0.378 e. The summed E-state index contributed by atoms with van der Waals surface area (Å²) in [7, 11) is 0. The molecule has 4 heterocycles. The second-order valence-electron chi connectivity index (χ2n) is 7.57. The Labute approximate surface area is 167 Å². The predicted octanol–water partition coefficient (Wildman–Crippen LogP) is 1.07. The molecule has 0 aliphatic carbocycles. The van der Waals surface area contributed by atoms with Crippen molar-refractivity contribution in [2.24, 2.45) is 5.92 Å². The van der Waals surface area contributed by atoms with Crippen molar-refractivity contribution in [1.82, 2.24) is 24.8 Å². The molecule has 29 heavy (non-hydrogen) atoms. The highest BCUT2D eigenvalue weighted by Crippen LogP contribution is 2.19. The molecule has 8 nitrogen and oxygen atoms in total. The average molecular weight is 391 g/mol. The van der Waals surface area contributed by atoms with E-state index in [1.54, 1.807) is 23.5 Å². The molecule has 0 radical (unpaired) electrons. The maximum Gasteiger partial charge on any atom is 0.255 e. The number of aromatic nitrogens is 3. The van der Waals surface area contributed by atoms with Gasteiger partial charge in [-0.3, -0.25) is 9.59 Å². The van der Waals surface area contributed by atoms with Crippen LogP contribution in [0, 0.1) is 5.92 Å². The highest BCUT2D eigenvalue weighted by Gasteiger charge is 2.35. The number of rotatable bonds is 3. The molecule has 2 amide bonds. The van der Waals surface area contributed by atoms with E-state index in [1.165, 1.54) is 0 Å². The molecule has 2 bridgehead atoms. The summed E-state index contributed by atoms with van der Waals surface area (Å²) in [6, 6.07) is 11.7. The third kappa shape index (κ3) is 3.47. The number of carbonyl (C=O) groups is 2. The van der Waals surface area contributed by atoms with Crippen molar-refractivity contribution < 1.29 is 14.3 Å². The van der Waals surface area contributed by atoms with Crippen molar-refractivity contribution in [2.45, 2.75) is 12.6 Å². The number of hydrogen-bond donors (Lipinski definition) is 1. The van der Waals surface area contributed by atoms with Crippen LogP contribution in [0.15, 0.2) is 48.9 Å². The second-order valence-corrected chi connectivity index (χ2v) is 7.57. The number of carbonyl (C=O) groups excluding carboxylic acids is 2. The first-order valence-electron chi connectivity index (χ1n) is 9.69. The van der Waals surface area contributed by atoms with E-state index in [0.29, 0.717) is 43.9 Å². The van der Waals surface area contributed by atoms with Crippen molar-refractivity contribution in [3.8, 4) is 0 Å². The van der Waals surface area contributed by atoms with E-state index in [1.807, 2.05) is 22.8 Å². The van der Waals surface area contributed by atoms with Crippen LogP contribution >= 0.6 is 0 Å². The first-order valence-corrected chi connectivity index (χ1v) is 9.69. The van der Waals surface area contributed by atoms with Crippen molar-refractivity contribution in [3.63, 3.8) is 0 Å². The lowest BCUT2D eigenvalue weighted by molar-refractivity contribution is -0.125. The summed E-state index contributed by atoms with van der Waals surface area (Å²) >= 11 is 0. The molecular weight excluding hydrogens is 370 g/mol. The van der Waals surface area contributed by atoms with Gasteiger partial charge in [-0.15, -0.1) is 0 Å². The van der Waals surface area contributed by atoms with E-state index in [9.17, 15) is 9.59 Å². The van der Waals surface area contributed by atoms with Gasteiger partial charge < -0.3 is 19.5 Å². The summed E-state index contributed by atoms with van der Waals surface area (Å²) in [6.45, 7) is 2.21. The number of nitrogens with zero attached hydrogens (tertiary/aromatic N) is 4. The molecule has 2 fully saturated rings. The lowest BCUT2D eigenvalue weighted by Gasteiger charge is -2.27. The number of fused-ring (bicyclic) bond motifs is 4. The summed E-state index contributed by atoms with van der Waals surface area (Å²) in [5, 5.41) is 2.94. The van der Waals surface area contributed by atoms with Crippen LogP contribution in [-0.4, -0.2) is 63.6 Å². The molecule has 8 heteroatoms. The lowest BCUT2D eigenvalue weighted by Crippen LogP contribution is -2.44. The zero-order valence-electron chi connectivity index (χ0n) is 15.8. The minimum atomic E-state index is -0.340. The zero-order valence-corrected chi connectivity index (χ0v) is 15.8. The third-order valence-electron chi connectivity index (χ3n) is 5.42. The van der Waals surface area contributed by atoms with Crippen LogP contribution < -0.4 is 5.32 Å². The van der Waals surface area contributed by atoms with E-state index in [4.69, 9.17) is 4.74 Å². The molecule has 2 aliphatic heterocycles. The predicted molar refractivity (Wildman–Crippen MR) is 105 cm³/mol. The van der Waals surface area contributed by atoms with Gasteiger partial charge in [-0.25, -0.2) is 9.97 Å². The van der Waals surface area contributed by atoms with Crippen molar-refractivity contribution in [2.75, 3.05) is 26.3 Å². The van der Waals surface area contributed by atoms with E-state index >= 15 is 0 Å². The normalized spacial score (nSPS) is 21.7. The summed E-state index contributed by atoms with van der Waals surface area (Å²) < 4.78 is 7.50. The quantitative estimate of drug-likeness (QED) is 0.721. The first-order chi connectivity index (χ1) is 14.2. The Balaban J connectivity index is 1.39. The lowest BCUT2D eigenvalue weighted by atomic mass is 10.1. The minimum Gasteiger partial charge on any atom is -0.378 e. The number of amides is 2. The number of hydrogen-bond acceptors (Lipinski definition) is 5. The van der Waals surface area contributed by atoms with Gasteiger partial charge in [0, 0.05) is 19.3 Å². The molecule has 1 N–H and O–H groups in total. The van der Waals surface area contributed by atoms with Gasteiger partial charge in [0.2, 0.25) is 5.91 Å². The first kappa shape index (κ1) is 17.8. The van der Waals surface area contributed by atoms with Crippen LogP contribution in [0.1, 0.15) is 15.9 Å². The number of imidazole rings is 1. The molecule has 2 saturated heterocycles. The van der Waals surface area contributed by atoms with Crippen LogP contribution in [0.2, 0.25) is 0 Å². The number of pyridine rings is 1. The molecule has 2 aliphatic rings. The van der Waals surface area contributed by atoms with Crippen LogP contribution in [0.4, 0.5) is 0 Å². The fourth-order valence-electron chi connectivity index (χ4n) is 3.94. The number of benzene rings is 1. The summed E-state index contributed by atoms with van der Waals surface area (Å²) in [5.41, 5.74) is 3.06. The highest BCUT2D eigenvalue weighted by molar-refractivity contribution is 5.97. The summed E-state index contributed by atoms with van der Waals surface area (Å²) in [5.74, 6) is -0.519. The molecule has 3 aromatic rings. The molecule has 5 rings (SSSR count). The Hall–Kier alpha value is -3.26. The fraction of sp³-hybridized carbons (Fsp3) is 0.333. The van der Waals surface area contributed by atoms with Crippen molar-refractivity contribution in [1.29, 1.82) is 0 Å². The van der Waals surface area contributed by atoms with Gasteiger partial charge in [0.25, 0.3) is 5.91 Å². The summed E-state index contributed by atoms with van der Waals surface area (Å²) in [4.78, 5) is 35.9. The van der Waals surface area contributed by atoms with Crippen LogP contribution in [0.25, 0.3) is 11.2 Å². The van der Waals surface area contributed by atoms with Gasteiger partial charge >= 0.3 is 0 Å². The van der Waals surface area contributed by atoms with Crippen molar-refractivity contribution >= 4 is 23.0 Å². The Morgan fingerprint density at radius 2 is 2.03 bits per heavy atom. The molecular formula is C21H21N5O3. The fourth-order valence-corrected chi connectivity index (χ4v) is 3.94. The van der Waals surface area contributed by atoms with Gasteiger partial charge in [-0.05, 0) is 11.6 Å². The van der Waals surface area contributed by atoms with E-state index < -0.39 is 0 Å². The van der Waals surface area contributed by atoms with Gasteiger partial charge in [0.1, 0.15) is 5.52 Å². The standard InChI is InChI=1S/C21H21N5O3/c27-20-16-9-25(10-17(24-20)12-29-11-16)21(28)15-6-18-19(22-7-15)26(13-23-18)8-14-4-2-1-3-5-14/h1-7,13,16-17H,8-12H2,(H,24,27)/t16-,17+/m1/s1. The van der Waals surface area contributed by atoms with Gasteiger partial charge in [0.15, 0.2) is 5.65 Å².